The Balaban J connectivity index is 2.62. The van der Waals surface area contributed by atoms with Crippen LogP contribution in [-0.4, -0.2) is 44.5 Å². The van der Waals surface area contributed by atoms with Crippen LogP contribution in [-0.2, 0) is 21.2 Å². The van der Waals surface area contributed by atoms with Crippen LogP contribution in [0.5, 0.6) is 0 Å². The normalized spacial score (nSPS) is 11.9. The van der Waals surface area contributed by atoms with Crippen molar-refractivity contribution in [1.29, 1.82) is 0 Å². The summed E-state index contributed by atoms with van der Waals surface area (Å²) in [5, 5.41) is 3.36. The number of nitrogens with one attached hydrogen (secondary N) is 1. The van der Waals surface area contributed by atoms with Crippen molar-refractivity contribution in [2.24, 2.45) is 5.92 Å². The topological polar surface area (TPSA) is 66.5 Å². The van der Waals surface area contributed by atoms with Crippen LogP contribution in [0.15, 0.2) is 24.3 Å². The highest BCUT2D eigenvalue weighted by Gasteiger charge is 2.19. The van der Waals surface area contributed by atoms with Gasteiger partial charge in [-0.1, -0.05) is 37.6 Å². The first-order valence-electron chi connectivity index (χ1n) is 7.14. The van der Waals surface area contributed by atoms with Crippen molar-refractivity contribution in [2.75, 3.05) is 25.9 Å². The molecule has 22 heavy (non-hydrogen) atoms. The van der Waals surface area contributed by atoms with Gasteiger partial charge in [0, 0.05) is 18.1 Å². The number of hydrogen-bond donors (Lipinski definition) is 1. The van der Waals surface area contributed by atoms with Gasteiger partial charge >= 0.3 is 0 Å². The summed E-state index contributed by atoms with van der Waals surface area (Å²) in [6.07, 6.45) is 1.65. The molecule has 0 fully saturated rings. The lowest BCUT2D eigenvalue weighted by molar-refractivity contribution is -0.121. The summed E-state index contributed by atoms with van der Waals surface area (Å²) in [7, 11) is -3.43. The number of halogens is 1. The molecule has 0 atom stereocenters. The lowest BCUT2D eigenvalue weighted by atomic mass is 10.1. The monoisotopic (exact) mass is 346 g/mol. The highest BCUT2D eigenvalue weighted by molar-refractivity contribution is 7.88. The van der Waals surface area contributed by atoms with E-state index in [0.29, 0.717) is 23.9 Å². The molecule has 0 aliphatic carbocycles. The fourth-order valence-corrected chi connectivity index (χ4v) is 2.70. The number of sulfonamides is 1. The van der Waals surface area contributed by atoms with E-state index in [4.69, 9.17) is 11.6 Å². The van der Waals surface area contributed by atoms with E-state index in [-0.39, 0.29) is 19.0 Å². The summed E-state index contributed by atoms with van der Waals surface area (Å²) in [4.78, 5) is 11.8. The predicted octanol–water partition coefficient (Wildman–Crippen LogP) is 1.92. The maximum absolute atomic E-state index is 11.8. The van der Waals surface area contributed by atoms with Crippen molar-refractivity contribution in [3.63, 3.8) is 0 Å². The van der Waals surface area contributed by atoms with Crippen LogP contribution >= 0.6 is 11.6 Å². The largest absolute Gasteiger partial charge is 0.355 e. The zero-order valence-corrected chi connectivity index (χ0v) is 14.7. The van der Waals surface area contributed by atoms with E-state index in [1.165, 1.54) is 4.31 Å². The average Bonchev–Trinajstić information content (AvgIpc) is 2.41. The minimum absolute atomic E-state index is 0.154. The van der Waals surface area contributed by atoms with Crippen LogP contribution in [0.2, 0.25) is 5.02 Å². The number of benzene rings is 1. The van der Waals surface area contributed by atoms with E-state index >= 15 is 0 Å². The Bertz CT molecular complexity index is 585. The standard InChI is InChI=1S/C15H23ClN2O3S/c1-12(2)10-17-15(19)11-18(22(3,20)21)9-8-13-4-6-14(16)7-5-13/h4-7,12H,8-11H2,1-3H3,(H,17,19). The van der Waals surface area contributed by atoms with Crippen molar-refractivity contribution in [1.82, 2.24) is 9.62 Å². The Morgan fingerprint density at radius 1 is 1.27 bits per heavy atom. The van der Waals surface area contributed by atoms with Crippen LogP contribution in [0, 0.1) is 5.92 Å². The van der Waals surface area contributed by atoms with Gasteiger partial charge in [0.2, 0.25) is 15.9 Å². The molecule has 0 saturated heterocycles. The molecular formula is C15H23ClN2O3S. The van der Waals surface area contributed by atoms with Gasteiger partial charge in [0.1, 0.15) is 0 Å². The molecule has 7 heteroatoms. The molecule has 0 heterocycles. The second-order valence-electron chi connectivity index (χ2n) is 5.67. The highest BCUT2D eigenvalue weighted by atomic mass is 35.5. The van der Waals surface area contributed by atoms with E-state index in [0.717, 1.165) is 11.8 Å². The Morgan fingerprint density at radius 2 is 1.86 bits per heavy atom. The third-order valence-electron chi connectivity index (χ3n) is 3.06. The third kappa shape index (κ3) is 7.24. The highest BCUT2D eigenvalue weighted by Crippen LogP contribution is 2.11. The molecule has 1 rings (SSSR count). The minimum atomic E-state index is -3.43. The van der Waals surface area contributed by atoms with Crippen molar-refractivity contribution in [3.05, 3.63) is 34.9 Å². The number of hydrogen-bond acceptors (Lipinski definition) is 3. The first-order valence-corrected chi connectivity index (χ1v) is 9.37. The van der Waals surface area contributed by atoms with Gasteiger partial charge in [0.25, 0.3) is 0 Å². The Kier molecular flexibility index (Phi) is 7.32. The molecule has 1 amide bonds. The number of amides is 1. The van der Waals surface area contributed by atoms with E-state index in [2.05, 4.69) is 5.32 Å². The molecule has 1 aromatic rings. The second kappa shape index (κ2) is 8.50. The van der Waals surface area contributed by atoms with Crippen LogP contribution in [0.25, 0.3) is 0 Å². The molecule has 5 nitrogen and oxygen atoms in total. The van der Waals surface area contributed by atoms with Gasteiger partial charge in [0.05, 0.1) is 12.8 Å². The Hall–Kier alpha value is -1.11. The van der Waals surface area contributed by atoms with Crippen molar-refractivity contribution in [3.8, 4) is 0 Å². The molecule has 0 aliphatic heterocycles. The lowest BCUT2D eigenvalue weighted by Crippen LogP contribution is -2.42. The molecule has 124 valence electrons. The average molecular weight is 347 g/mol. The predicted molar refractivity (Wildman–Crippen MR) is 89.4 cm³/mol. The second-order valence-corrected chi connectivity index (χ2v) is 8.09. The molecule has 0 saturated carbocycles. The summed E-state index contributed by atoms with van der Waals surface area (Å²) < 4.78 is 24.8. The maximum Gasteiger partial charge on any atom is 0.235 e. The van der Waals surface area contributed by atoms with Crippen molar-refractivity contribution < 1.29 is 13.2 Å². The Labute approximate surface area is 137 Å². The number of carbonyl (C=O) groups is 1. The summed E-state index contributed by atoms with van der Waals surface area (Å²) in [6, 6.07) is 7.22. The number of nitrogens with zero attached hydrogens (tertiary/aromatic N) is 1. The molecule has 1 aromatic carbocycles. The summed E-state index contributed by atoms with van der Waals surface area (Å²) in [5.41, 5.74) is 0.973. The lowest BCUT2D eigenvalue weighted by Gasteiger charge is -2.20. The number of rotatable bonds is 8. The smallest absolute Gasteiger partial charge is 0.235 e. The molecule has 0 radical (unpaired) electrons. The van der Waals surface area contributed by atoms with E-state index in [1.54, 1.807) is 12.1 Å². The quantitative estimate of drug-likeness (QED) is 0.782. The summed E-state index contributed by atoms with van der Waals surface area (Å²) in [6.45, 7) is 4.60. The fourth-order valence-electron chi connectivity index (χ4n) is 1.80. The Morgan fingerprint density at radius 3 is 2.36 bits per heavy atom. The van der Waals surface area contributed by atoms with Crippen LogP contribution in [0.1, 0.15) is 19.4 Å². The van der Waals surface area contributed by atoms with Crippen molar-refractivity contribution >= 4 is 27.5 Å². The summed E-state index contributed by atoms with van der Waals surface area (Å²) in [5.74, 6) is 0.0416. The van der Waals surface area contributed by atoms with Gasteiger partial charge in [-0.25, -0.2) is 8.42 Å². The van der Waals surface area contributed by atoms with Crippen LogP contribution in [0.3, 0.4) is 0 Å². The third-order valence-corrected chi connectivity index (χ3v) is 4.56. The first kappa shape index (κ1) is 18.9. The maximum atomic E-state index is 11.8. The molecule has 0 bridgehead atoms. The molecule has 0 unspecified atom stereocenters. The van der Waals surface area contributed by atoms with E-state index in [9.17, 15) is 13.2 Å². The van der Waals surface area contributed by atoms with Gasteiger partial charge in [-0.15, -0.1) is 0 Å². The van der Waals surface area contributed by atoms with Gasteiger partial charge in [0.15, 0.2) is 0 Å². The van der Waals surface area contributed by atoms with Gasteiger partial charge < -0.3 is 5.32 Å². The SMILES string of the molecule is CC(C)CNC(=O)CN(CCc1ccc(Cl)cc1)S(C)(=O)=O. The molecule has 0 aromatic heterocycles. The van der Waals surface area contributed by atoms with Gasteiger partial charge in [-0.2, -0.15) is 4.31 Å². The molecule has 0 spiro atoms. The van der Waals surface area contributed by atoms with E-state index in [1.807, 2.05) is 26.0 Å². The zero-order valence-electron chi connectivity index (χ0n) is 13.2. The van der Waals surface area contributed by atoms with Gasteiger partial charge in [-0.05, 0) is 30.0 Å². The molecular weight excluding hydrogens is 324 g/mol. The fraction of sp³-hybridized carbons (Fsp3) is 0.533. The minimum Gasteiger partial charge on any atom is -0.355 e. The van der Waals surface area contributed by atoms with E-state index < -0.39 is 10.0 Å². The molecule has 0 aliphatic rings. The van der Waals surface area contributed by atoms with Crippen LogP contribution < -0.4 is 5.32 Å². The summed E-state index contributed by atoms with van der Waals surface area (Å²) >= 11 is 5.82. The molecule has 1 N–H and O–H groups in total. The zero-order chi connectivity index (χ0) is 16.8. The van der Waals surface area contributed by atoms with Gasteiger partial charge in [-0.3, -0.25) is 4.79 Å². The number of carbonyl (C=O) groups excluding carboxylic acids is 1. The van der Waals surface area contributed by atoms with Crippen LogP contribution in [0.4, 0.5) is 0 Å². The van der Waals surface area contributed by atoms with Crippen molar-refractivity contribution in [2.45, 2.75) is 20.3 Å². The first-order chi connectivity index (χ1) is 10.2.